The highest BCUT2D eigenvalue weighted by molar-refractivity contribution is 5.90. The summed E-state index contributed by atoms with van der Waals surface area (Å²) in [6.07, 6.45) is 4.11. The molecule has 8 nitrogen and oxygen atoms in total. The Labute approximate surface area is 181 Å². The second kappa shape index (κ2) is 12.3. The van der Waals surface area contributed by atoms with Crippen LogP contribution in [0.3, 0.4) is 0 Å². The normalized spacial score (nSPS) is 10.4. The molecule has 168 valence electrons. The topological polar surface area (TPSA) is 112 Å². The molecule has 0 aromatic heterocycles. The first kappa shape index (κ1) is 23.9. The lowest BCUT2D eigenvalue weighted by atomic mass is 10.1. The summed E-state index contributed by atoms with van der Waals surface area (Å²) in [7, 11) is 2.87. The Balaban J connectivity index is 1.54. The maximum absolute atomic E-state index is 12.0. The Morgan fingerprint density at radius 1 is 0.677 bits per heavy atom. The molecular weight excluding hydrogens is 404 g/mol. The van der Waals surface area contributed by atoms with Gasteiger partial charge < -0.3 is 29.2 Å². The smallest absolute Gasteiger partial charge is 0.338 e. The Morgan fingerprint density at radius 3 is 1.42 bits per heavy atom. The van der Waals surface area contributed by atoms with Crippen molar-refractivity contribution in [3.8, 4) is 23.0 Å². The van der Waals surface area contributed by atoms with Gasteiger partial charge in [-0.1, -0.05) is 19.3 Å². The first-order valence-electron chi connectivity index (χ1n) is 10.0. The van der Waals surface area contributed by atoms with E-state index in [1.54, 1.807) is 0 Å². The number of unbranched alkanes of at least 4 members (excludes halogenated alkanes) is 4. The molecule has 0 heterocycles. The maximum atomic E-state index is 12.0. The fourth-order valence-electron chi connectivity index (χ4n) is 2.86. The lowest BCUT2D eigenvalue weighted by molar-refractivity contribution is 0.0495. The molecule has 0 amide bonds. The highest BCUT2D eigenvalue weighted by atomic mass is 16.5. The Bertz CT molecular complexity index is 806. The molecule has 8 heteroatoms. The summed E-state index contributed by atoms with van der Waals surface area (Å²) in [6, 6.07) is 8.72. The highest BCUT2D eigenvalue weighted by Gasteiger charge is 2.12. The molecule has 0 radical (unpaired) electrons. The number of carbonyl (C=O) groups is 2. The third-order valence-electron chi connectivity index (χ3n) is 4.58. The van der Waals surface area contributed by atoms with Gasteiger partial charge in [0.1, 0.15) is 0 Å². The molecule has 0 saturated heterocycles. The quantitative estimate of drug-likeness (QED) is 0.381. The molecule has 2 aromatic rings. The van der Waals surface area contributed by atoms with Crippen molar-refractivity contribution >= 4 is 11.9 Å². The van der Waals surface area contributed by atoms with Crippen LogP contribution in [0.15, 0.2) is 36.4 Å². The van der Waals surface area contributed by atoms with E-state index in [4.69, 9.17) is 18.9 Å². The number of esters is 2. The van der Waals surface area contributed by atoms with Gasteiger partial charge in [0.05, 0.1) is 38.6 Å². The fraction of sp³-hybridized carbons (Fsp3) is 0.391. The van der Waals surface area contributed by atoms with Crippen molar-refractivity contribution in [2.24, 2.45) is 0 Å². The van der Waals surface area contributed by atoms with Crippen molar-refractivity contribution in [1.82, 2.24) is 0 Å². The predicted octanol–water partition coefficient (Wildman–Crippen LogP) is 4.08. The Kier molecular flexibility index (Phi) is 9.48. The van der Waals surface area contributed by atoms with Crippen LogP contribution >= 0.6 is 0 Å². The molecule has 0 atom stereocenters. The number of hydrogen-bond acceptors (Lipinski definition) is 8. The van der Waals surface area contributed by atoms with Gasteiger partial charge in [-0.2, -0.15) is 0 Å². The van der Waals surface area contributed by atoms with E-state index in [1.165, 1.54) is 50.6 Å². The van der Waals surface area contributed by atoms with E-state index < -0.39 is 11.9 Å². The van der Waals surface area contributed by atoms with Crippen molar-refractivity contribution in [2.75, 3.05) is 27.4 Å². The molecule has 2 N–H and O–H groups in total. The Hall–Kier alpha value is -3.42. The second-order valence-electron chi connectivity index (χ2n) is 6.81. The average molecular weight is 432 g/mol. The SMILES string of the molecule is COc1ccc(C(=O)OCCCCCCCOC(=O)c2ccc(OC)c(O)c2)cc1O. The van der Waals surface area contributed by atoms with E-state index in [-0.39, 0.29) is 22.6 Å². The van der Waals surface area contributed by atoms with Crippen LogP contribution in [0, 0.1) is 0 Å². The van der Waals surface area contributed by atoms with E-state index in [2.05, 4.69) is 0 Å². The van der Waals surface area contributed by atoms with E-state index in [0.717, 1.165) is 32.1 Å². The number of hydrogen-bond donors (Lipinski definition) is 2. The van der Waals surface area contributed by atoms with Gasteiger partial charge in [0.2, 0.25) is 0 Å². The molecule has 0 spiro atoms. The van der Waals surface area contributed by atoms with Crippen molar-refractivity contribution in [3.05, 3.63) is 47.5 Å². The molecule has 0 aliphatic rings. The standard InChI is InChI=1S/C23H28O8/c1-28-20-10-8-16(14-18(20)24)22(26)30-12-6-4-3-5-7-13-31-23(27)17-9-11-21(29-2)19(25)15-17/h8-11,14-15,24-25H,3-7,12-13H2,1-2H3. The first-order valence-corrected chi connectivity index (χ1v) is 10.0. The summed E-state index contributed by atoms with van der Waals surface area (Å²) in [5, 5.41) is 19.4. The van der Waals surface area contributed by atoms with Crippen LogP contribution in [0.1, 0.15) is 52.8 Å². The third-order valence-corrected chi connectivity index (χ3v) is 4.58. The van der Waals surface area contributed by atoms with Gasteiger partial charge in [-0.3, -0.25) is 0 Å². The highest BCUT2D eigenvalue weighted by Crippen LogP contribution is 2.27. The van der Waals surface area contributed by atoms with E-state index in [0.29, 0.717) is 24.7 Å². The molecule has 2 rings (SSSR count). The zero-order valence-electron chi connectivity index (χ0n) is 17.8. The van der Waals surface area contributed by atoms with Crippen LogP contribution < -0.4 is 9.47 Å². The van der Waals surface area contributed by atoms with Crippen molar-refractivity contribution < 1.29 is 38.7 Å². The largest absolute Gasteiger partial charge is 0.504 e. The molecule has 2 aromatic carbocycles. The van der Waals surface area contributed by atoms with Crippen LogP contribution in [0.25, 0.3) is 0 Å². The summed E-state index contributed by atoms with van der Waals surface area (Å²) >= 11 is 0. The zero-order valence-corrected chi connectivity index (χ0v) is 17.8. The molecule has 0 unspecified atom stereocenters. The minimum absolute atomic E-state index is 0.110. The second-order valence-corrected chi connectivity index (χ2v) is 6.81. The molecule has 0 saturated carbocycles. The monoisotopic (exact) mass is 432 g/mol. The number of carbonyl (C=O) groups excluding carboxylic acids is 2. The van der Waals surface area contributed by atoms with Crippen LogP contribution in [-0.4, -0.2) is 49.6 Å². The maximum Gasteiger partial charge on any atom is 0.338 e. The van der Waals surface area contributed by atoms with Gasteiger partial charge in [0.15, 0.2) is 23.0 Å². The van der Waals surface area contributed by atoms with Crippen LogP contribution in [0.5, 0.6) is 23.0 Å². The summed E-state index contributed by atoms with van der Waals surface area (Å²) in [6.45, 7) is 0.586. The number of phenolic OH excluding ortho intramolecular Hbond substituents is 2. The van der Waals surface area contributed by atoms with Gasteiger partial charge in [0, 0.05) is 0 Å². The number of methoxy groups -OCH3 is 2. The van der Waals surface area contributed by atoms with Crippen molar-refractivity contribution in [2.45, 2.75) is 32.1 Å². The molecule has 0 aliphatic heterocycles. The fourth-order valence-corrected chi connectivity index (χ4v) is 2.86. The number of phenols is 2. The summed E-state index contributed by atoms with van der Waals surface area (Å²) < 4.78 is 20.3. The van der Waals surface area contributed by atoms with E-state index >= 15 is 0 Å². The minimum Gasteiger partial charge on any atom is -0.504 e. The summed E-state index contributed by atoms with van der Waals surface area (Å²) in [5.41, 5.74) is 0.538. The van der Waals surface area contributed by atoms with Crippen LogP contribution in [-0.2, 0) is 9.47 Å². The van der Waals surface area contributed by atoms with Gasteiger partial charge in [-0.05, 0) is 49.2 Å². The molecule has 0 aliphatic carbocycles. The molecular formula is C23H28O8. The van der Waals surface area contributed by atoms with Gasteiger partial charge in [-0.15, -0.1) is 0 Å². The number of ether oxygens (including phenoxy) is 4. The first-order chi connectivity index (χ1) is 15.0. The van der Waals surface area contributed by atoms with E-state index in [1.807, 2.05) is 0 Å². The molecule has 0 fully saturated rings. The van der Waals surface area contributed by atoms with Gasteiger partial charge >= 0.3 is 11.9 Å². The predicted molar refractivity (Wildman–Crippen MR) is 113 cm³/mol. The molecule has 0 bridgehead atoms. The number of rotatable bonds is 12. The van der Waals surface area contributed by atoms with Crippen molar-refractivity contribution in [1.29, 1.82) is 0 Å². The van der Waals surface area contributed by atoms with Crippen molar-refractivity contribution in [3.63, 3.8) is 0 Å². The average Bonchev–Trinajstić information content (AvgIpc) is 2.77. The lowest BCUT2D eigenvalue weighted by Gasteiger charge is -2.08. The van der Waals surface area contributed by atoms with Crippen LogP contribution in [0.2, 0.25) is 0 Å². The van der Waals surface area contributed by atoms with Gasteiger partial charge in [0.25, 0.3) is 0 Å². The minimum atomic E-state index is -0.491. The third kappa shape index (κ3) is 7.40. The Morgan fingerprint density at radius 2 is 1.06 bits per heavy atom. The zero-order chi connectivity index (χ0) is 22.6. The van der Waals surface area contributed by atoms with Gasteiger partial charge in [-0.25, -0.2) is 9.59 Å². The summed E-state index contributed by atoms with van der Waals surface area (Å²) in [4.78, 5) is 23.9. The van der Waals surface area contributed by atoms with Crippen LogP contribution in [0.4, 0.5) is 0 Å². The molecule has 31 heavy (non-hydrogen) atoms. The number of benzene rings is 2. The lowest BCUT2D eigenvalue weighted by Crippen LogP contribution is -2.07. The summed E-state index contributed by atoms with van der Waals surface area (Å²) in [5.74, 6) is -0.611. The van der Waals surface area contributed by atoms with E-state index in [9.17, 15) is 19.8 Å². The number of aromatic hydroxyl groups is 2.